The topological polar surface area (TPSA) is 85.8 Å². The first-order valence-corrected chi connectivity index (χ1v) is 10.7. The molecular weight excluding hydrogens is 454 g/mol. The van der Waals surface area contributed by atoms with Crippen LogP contribution in [0.25, 0.3) is 17.1 Å². The standard InChI is InChI=1S/C20H18BrN5O2S/c1-12-8-10-29-17(12)7-9-22-19(27)20-23-18(25-28-20)16-11-26(24-13(16)2)15-5-3-14(21)4-6-15/h3-6,8,10-11H,7,9H2,1-2H3,(H,22,27). The van der Waals surface area contributed by atoms with E-state index in [1.54, 1.807) is 16.0 Å². The first kappa shape index (κ1) is 19.5. The van der Waals surface area contributed by atoms with Gasteiger partial charge in [0.1, 0.15) is 0 Å². The molecule has 1 aromatic carbocycles. The van der Waals surface area contributed by atoms with Gasteiger partial charge in [0.15, 0.2) is 0 Å². The maximum absolute atomic E-state index is 12.3. The lowest BCUT2D eigenvalue weighted by molar-refractivity contribution is 0.0910. The number of thiophene rings is 1. The van der Waals surface area contributed by atoms with Crippen LogP contribution in [0.1, 0.15) is 26.8 Å². The monoisotopic (exact) mass is 471 g/mol. The molecule has 0 saturated heterocycles. The number of benzene rings is 1. The third-order valence-corrected chi connectivity index (χ3v) is 6.07. The third kappa shape index (κ3) is 4.30. The fourth-order valence-corrected chi connectivity index (χ4v) is 4.03. The third-order valence-electron chi connectivity index (χ3n) is 4.46. The largest absolute Gasteiger partial charge is 0.347 e. The summed E-state index contributed by atoms with van der Waals surface area (Å²) in [5, 5.41) is 13.3. The van der Waals surface area contributed by atoms with Crippen LogP contribution in [-0.2, 0) is 6.42 Å². The average Bonchev–Trinajstić information content (AvgIpc) is 3.43. The van der Waals surface area contributed by atoms with Crippen LogP contribution in [-0.4, -0.2) is 32.4 Å². The number of aryl methyl sites for hydroxylation is 2. The van der Waals surface area contributed by atoms with Crippen molar-refractivity contribution in [3.63, 3.8) is 0 Å². The van der Waals surface area contributed by atoms with Crippen LogP contribution < -0.4 is 5.32 Å². The lowest BCUT2D eigenvalue weighted by Gasteiger charge is -2.01. The molecular formula is C20H18BrN5O2S. The van der Waals surface area contributed by atoms with Gasteiger partial charge in [-0.3, -0.25) is 4.79 Å². The molecule has 9 heteroatoms. The Morgan fingerprint density at radius 3 is 2.76 bits per heavy atom. The fourth-order valence-electron chi connectivity index (χ4n) is 2.86. The van der Waals surface area contributed by atoms with Gasteiger partial charge in [0.05, 0.1) is 16.9 Å². The predicted octanol–water partition coefficient (Wildman–Crippen LogP) is 4.34. The molecule has 4 rings (SSSR count). The molecule has 0 aliphatic heterocycles. The second-order valence-corrected chi connectivity index (χ2v) is 8.42. The summed E-state index contributed by atoms with van der Waals surface area (Å²) in [7, 11) is 0. The molecule has 0 atom stereocenters. The van der Waals surface area contributed by atoms with Crippen LogP contribution in [0.2, 0.25) is 0 Å². The predicted molar refractivity (Wildman–Crippen MR) is 114 cm³/mol. The molecule has 148 valence electrons. The Balaban J connectivity index is 1.45. The molecule has 1 amide bonds. The van der Waals surface area contributed by atoms with Crippen LogP contribution in [0.5, 0.6) is 0 Å². The Kier molecular flexibility index (Phi) is 5.59. The number of nitrogens with one attached hydrogen (secondary N) is 1. The summed E-state index contributed by atoms with van der Waals surface area (Å²) in [6, 6.07) is 9.86. The summed E-state index contributed by atoms with van der Waals surface area (Å²) in [6.45, 7) is 4.44. The van der Waals surface area contributed by atoms with Crippen molar-refractivity contribution >= 4 is 33.2 Å². The van der Waals surface area contributed by atoms with Gasteiger partial charge in [0.2, 0.25) is 5.82 Å². The Morgan fingerprint density at radius 1 is 1.24 bits per heavy atom. The Labute approximate surface area is 179 Å². The van der Waals surface area contributed by atoms with E-state index in [-0.39, 0.29) is 11.8 Å². The molecule has 0 bridgehead atoms. The zero-order chi connectivity index (χ0) is 20.4. The Bertz CT molecular complexity index is 1150. The van der Waals surface area contributed by atoms with Crippen molar-refractivity contribution < 1.29 is 9.32 Å². The highest BCUT2D eigenvalue weighted by Gasteiger charge is 2.19. The summed E-state index contributed by atoms with van der Waals surface area (Å²) < 4.78 is 7.90. The molecule has 0 aliphatic rings. The smallest absolute Gasteiger partial charge is 0.316 e. The van der Waals surface area contributed by atoms with Crippen LogP contribution in [0.4, 0.5) is 0 Å². The van der Waals surface area contributed by atoms with Crippen LogP contribution in [0.3, 0.4) is 0 Å². The fraction of sp³-hybridized carbons (Fsp3) is 0.200. The van der Waals surface area contributed by atoms with Gasteiger partial charge in [-0.25, -0.2) is 4.68 Å². The number of rotatable bonds is 6. The molecule has 29 heavy (non-hydrogen) atoms. The Hall–Kier alpha value is -2.78. The van der Waals surface area contributed by atoms with Crippen molar-refractivity contribution in [3.05, 3.63) is 68.4 Å². The molecule has 0 spiro atoms. The second kappa shape index (κ2) is 8.30. The summed E-state index contributed by atoms with van der Waals surface area (Å²) in [6.07, 6.45) is 2.60. The second-order valence-electron chi connectivity index (χ2n) is 6.50. The van der Waals surface area contributed by atoms with E-state index in [0.717, 1.165) is 22.3 Å². The van der Waals surface area contributed by atoms with Crippen molar-refractivity contribution in [1.82, 2.24) is 25.2 Å². The summed E-state index contributed by atoms with van der Waals surface area (Å²) in [5.41, 5.74) is 3.61. The molecule has 4 aromatic rings. The van der Waals surface area contributed by atoms with E-state index in [0.29, 0.717) is 17.9 Å². The van der Waals surface area contributed by atoms with Crippen molar-refractivity contribution in [2.75, 3.05) is 6.54 Å². The average molecular weight is 472 g/mol. The highest BCUT2D eigenvalue weighted by molar-refractivity contribution is 9.10. The number of carbonyl (C=O) groups is 1. The number of nitrogens with zero attached hydrogens (tertiary/aromatic N) is 4. The molecule has 0 aliphatic carbocycles. The zero-order valence-corrected chi connectivity index (χ0v) is 18.2. The SMILES string of the molecule is Cc1ccsc1CCNC(=O)c1nc(-c2cn(-c3ccc(Br)cc3)nc2C)no1. The number of amides is 1. The molecule has 1 N–H and O–H groups in total. The van der Waals surface area contributed by atoms with Crippen molar-refractivity contribution in [1.29, 1.82) is 0 Å². The van der Waals surface area contributed by atoms with Gasteiger partial charge in [-0.05, 0) is 61.5 Å². The van der Waals surface area contributed by atoms with Gasteiger partial charge in [0.25, 0.3) is 0 Å². The van der Waals surface area contributed by atoms with Gasteiger partial charge in [-0.2, -0.15) is 10.1 Å². The molecule has 3 aromatic heterocycles. The highest BCUT2D eigenvalue weighted by Crippen LogP contribution is 2.22. The zero-order valence-electron chi connectivity index (χ0n) is 15.8. The van der Waals surface area contributed by atoms with Crippen molar-refractivity contribution in [2.24, 2.45) is 0 Å². The summed E-state index contributed by atoms with van der Waals surface area (Å²) in [4.78, 5) is 17.8. The minimum absolute atomic E-state index is 0.0568. The van der Waals surface area contributed by atoms with Gasteiger partial charge in [-0.1, -0.05) is 21.1 Å². The minimum Gasteiger partial charge on any atom is -0.347 e. The van der Waals surface area contributed by atoms with Crippen LogP contribution in [0, 0.1) is 13.8 Å². The van der Waals surface area contributed by atoms with Gasteiger partial charge in [-0.15, -0.1) is 11.3 Å². The molecule has 7 nitrogen and oxygen atoms in total. The summed E-state index contributed by atoms with van der Waals surface area (Å²) in [5.74, 6) is -0.0975. The number of hydrogen-bond donors (Lipinski definition) is 1. The molecule has 3 heterocycles. The normalized spacial score (nSPS) is 11.0. The number of halogens is 1. The van der Waals surface area contributed by atoms with E-state index in [9.17, 15) is 4.79 Å². The summed E-state index contributed by atoms with van der Waals surface area (Å²) >= 11 is 5.11. The van der Waals surface area contributed by atoms with Crippen LogP contribution in [0.15, 0.2) is 50.9 Å². The highest BCUT2D eigenvalue weighted by atomic mass is 79.9. The lowest BCUT2D eigenvalue weighted by atomic mass is 10.2. The van der Waals surface area contributed by atoms with Crippen molar-refractivity contribution in [3.8, 4) is 17.1 Å². The first-order chi connectivity index (χ1) is 14.0. The Morgan fingerprint density at radius 2 is 2.03 bits per heavy atom. The van der Waals surface area contributed by atoms with Crippen LogP contribution >= 0.6 is 27.3 Å². The molecule has 0 saturated carbocycles. The number of hydrogen-bond acceptors (Lipinski definition) is 6. The van der Waals surface area contributed by atoms with E-state index < -0.39 is 0 Å². The van der Waals surface area contributed by atoms with Gasteiger partial charge < -0.3 is 9.84 Å². The lowest BCUT2D eigenvalue weighted by Crippen LogP contribution is -2.25. The minimum atomic E-state index is -0.379. The van der Waals surface area contributed by atoms with E-state index in [4.69, 9.17) is 4.52 Å². The van der Waals surface area contributed by atoms with E-state index in [2.05, 4.69) is 49.5 Å². The van der Waals surface area contributed by atoms with Gasteiger partial charge >= 0.3 is 11.8 Å². The molecule has 0 unspecified atom stereocenters. The van der Waals surface area contributed by atoms with E-state index in [1.807, 2.05) is 42.8 Å². The maximum atomic E-state index is 12.3. The molecule has 0 radical (unpaired) electrons. The quantitative estimate of drug-likeness (QED) is 0.452. The number of carbonyl (C=O) groups excluding carboxylic acids is 1. The van der Waals surface area contributed by atoms with Gasteiger partial charge in [0, 0.05) is 22.1 Å². The van der Waals surface area contributed by atoms with E-state index in [1.165, 1.54) is 10.4 Å². The number of aromatic nitrogens is 4. The van der Waals surface area contributed by atoms with E-state index >= 15 is 0 Å². The van der Waals surface area contributed by atoms with Crippen molar-refractivity contribution in [2.45, 2.75) is 20.3 Å². The first-order valence-electron chi connectivity index (χ1n) is 8.99. The maximum Gasteiger partial charge on any atom is 0.316 e. The molecule has 0 fully saturated rings.